The third-order valence-corrected chi connectivity index (χ3v) is 2.89. The molecule has 1 rings (SSSR count). The maximum absolute atomic E-state index is 11.3. The van der Waals surface area contributed by atoms with Gasteiger partial charge in [-0.1, -0.05) is 12.1 Å². The second kappa shape index (κ2) is 6.97. The summed E-state index contributed by atoms with van der Waals surface area (Å²) in [4.78, 5) is 11.3. The van der Waals surface area contributed by atoms with Crippen LogP contribution in [0.15, 0.2) is 24.3 Å². The van der Waals surface area contributed by atoms with E-state index in [4.69, 9.17) is 10.00 Å². The molecule has 0 radical (unpaired) electrons. The highest BCUT2D eigenvalue weighted by molar-refractivity contribution is 7.99. The molecule has 1 aromatic rings. The van der Waals surface area contributed by atoms with E-state index in [0.29, 0.717) is 17.1 Å². The first-order valence-corrected chi connectivity index (χ1v) is 6.53. The summed E-state index contributed by atoms with van der Waals surface area (Å²) in [6.45, 7) is 3.66. The van der Waals surface area contributed by atoms with E-state index in [0.717, 1.165) is 5.56 Å². The van der Waals surface area contributed by atoms with Gasteiger partial charge in [0, 0.05) is 5.75 Å². The average molecular weight is 249 g/mol. The van der Waals surface area contributed by atoms with Gasteiger partial charge in [-0.25, -0.2) is 0 Å². The van der Waals surface area contributed by atoms with Crippen LogP contribution in [0.4, 0.5) is 0 Å². The van der Waals surface area contributed by atoms with Crippen LogP contribution in [0.5, 0.6) is 0 Å². The summed E-state index contributed by atoms with van der Waals surface area (Å²) < 4.78 is 5.02. The average Bonchev–Trinajstić information content (AvgIpc) is 2.28. The summed E-state index contributed by atoms with van der Waals surface area (Å²) in [6, 6.07) is 9.49. The molecule has 0 fully saturated rings. The van der Waals surface area contributed by atoms with E-state index in [1.165, 1.54) is 11.8 Å². The van der Waals surface area contributed by atoms with Crippen molar-refractivity contribution in [3.05, 3.63) is 35.4 Å². The molecule has 17 heavy (non-hydrogen) atoms. The second-order valence-electron chi connectivity index (χ2n) is 3.84. The van der Waals surface area contributed by atoms with Crippen LogP contribution in [0.1, 0.15) is 25.0 Å². The first kappa shape index (κ1) is 13.6. The van der Waals surface area contributed by atoms with Gasteiger partial charge in [0.05, 0.1) is 23.5 Å². The predicted molar refractivity (Wildman–Crippen MR) is 68.5 cm³/mol. The minimum Gasteiger partial charge on any atom is -0.462 e. The van der Waals surface area contributed by atoms with Crippen LogP contribution in [0.2, 0.25) is 0 Å². The number of hydrogen-bond donors (Lipinski definition) is 0. The summed E-state index contributed by atoms with van der Waals surface area (Å²) in [7, 11) is 0. The molecular formula is C13H15NO2S. The lowest BCUT2D eigenvalue weighted by atomic mass is 10.2. The Morgan fingerprint density at radius 2 is 2.29 bits per heavy atom. The topological polar surface area (TPSA) is 50.1 Å². The fourth-order valence-electron chi connectivity index (χ4n) is 1.28. The van der Waals surface area contributed by atoms with Crippen LogP contribution in [0.3, 0.4) is 0 Å². The number of nitriles is 1. The molecule has 4 heteroatoms. The molecule has 0 amide bonds. The third kappa shape index (κ3) is 5.41. The van der Waals surface area contributed by atoms with Gasteiger partial charge in [-0.2, -0.15) is 5.26 Å². The molecule has 1 aromatic carbocycles. The minimum atomic E-state index is -0.193. The van der Waals surface area contributed by atoms with Gasteiger partial charge in [0.15, 0.2) is 0 Å². The standard InChI is InChI=1S/C13H15NO2S/c1-10(2)16-13(15)9-17-8-12-5-3-4-11(6-12)7-14/h3-6,10H,8-9H2,1-2H3. The highest BCUT2D eigenvalue weighted by atomic mass is 32.2. The van der Waals surface area contributed by atoms with Crippen molar-refractivity contribution < 1.29 is 9.53 Å². The molecule has 0 bridgehead atoms. The molecule has 0 aromatic heterocycles. The Balaban J connectivity index is 2.36. The van der Waals surface area contributed by atoms with Crippen molar-refractivity contribution in [3.63, 3.8) is 0 Å². The van der Waals surface area contributed by atoms with E-state index in [2.05, 4.69) is 6.07 Å². The van der Waals surface area contributed by atoms with Crippen molar-refractivity contribution >= 4 is 17.7 Å². The molecule has 0 spiro atoms. The quantitative estimate of drug-likeness (QED) is 0.753. The lowest BCUT2D eigenvalue weighted by Crippen LogP contribution is -2.13. The van der Waals surface area contributed by atoms with Gasteiger partial charge in [0.1, 0.15) is 0 Å². The van der Waals surface area contributed by atoms with Crippen molar-refractivity contribution in [1.82, 2.24) is 0 Å². The summed E-state index contributed by atoms with van der Waals surface area (Å²) in [5, 5.41) is 8.74. The number of carbonyl (C=O) groups excluding carboxylic acids is 1. The molecular weight excluding hydrogens is 234 g/mol. The number of esters is 1. The first-order valence-electron chi connectivity index (χ1n) is 5.38. The monoisotopic (exact) mass is 249 g/mol. The molecule has 90 valence electrons. The zero-order valence-corrected chi connectivity index (χ0v) is 10.8. The van der Waals surface area contributed by atoms with E-state index in [1.54, 1.807) is 6.07 Å². The predicted octanol–water partition coefficient (Wildman–Crippen LogP) is 2.74. The molecule has 0 saturated carbocycles. The molecule has 0 heterocycles. The Labute approximate surface area is 106 Å². The number of hydrogen-bond acceptors (Lipinski definition) is 4. The van der Waals surface area contributed by atoms with Crippen LogP contribution >= 0.6 is 11.8 Å². The van der Waals surface area contributed by atoms with E-state index in [9.17, 15) is 4.79 Å². The number of rotatable bonds is 5. The van der Waals surface area contributed by atoms with Crippen molar-refractivity contribution in [2.24, 2.45) is 0 Å². The minimum absolute atomic E-state index is 0.0648. The highest BCUT2D eigenvalue weighted by Gasteiger charge is 2.05. The Bertz CT molecular complexity index is 424. The molecule has 0 unspecified atom stereocenters. The first-order chi connectivity index (χ1) is 8.11. The van der Waals surface area contributed by atoms with Gasteiger partial charge in [-0.15, -0.1) is 11.8 Å². The Morgan fingerprint density at radius 1 is 1.53 bits per heavy atom. The van der Waals surface area contributed by atoms with Crippen molar-refractivity contribution in [1.29, 1.82) is 5.26 Å². The number of carbonyl (C=O) groups is 1. The molecule has 0 aliphatic carbocycles. The van der Waals surface area contributed by atoms with E-state index in [1.807, 2.05) is 32.0 Å². The summed E-state index contributed by atoms with van der Waals surface area (Å²) >= 11 is 1.49. The van der Waals surface area contributed by atoms with Crippen LogP contribution in [0.25, 0.3) is 0 Å². The zero-order chi connectivity index (χ0) is 12.7. The molecule has 0 saturated heterocycles. The normalized spacial score (nSPS) is 10.0. The Hall–Kier alpha value is -1.47. The van der Waals surface area contributed by atoms with Crippen molar-refractivity contribution in [2.75, 3.05) is 5.75 Å². The maximum Gasteiger partial charge on any atom is 0.316 e. The fourth-order valence-corrected chi connectivity index (χ4v) is 2.03. The van der Waals surface area contributed by atoms with Gasteiger partial charge >= 0.3 is 5.97 Å². The third-order valence-electron chi connectivity index (χ3n) is 1.91. The lowest BCUT2D eigenvalue weighted by Gasteiger charge is -2.07. The van der Waals surface area contributed by atoms with Crippen molar-refractivity contribution in [3.8, 4) is 6.07 Å². The van der Waals surface area contributed by atoms with Gasteiger partial charge in [-0.3, -0.25) is 4.79 Å². The van der Waals surface area contributed by atoms with Gasteiger partial charge in [-0.05, 0) is 31.5 Å². The maximum atomic E-state index is 11.3. The second-order valence-corrected chi connectivity index (χ2v) is 4.83. The fraction of sp³-hybridized carbons (Fsp3) is 0.385. The summed E-state index contributed by atoms with van der Waals surface area (Å²) in [5.74, 6) is 0.860. The molecule has 0 N–H and O–H groups in total. The Morgan fingerprint density at radius 3 is 2.94 bits per heavy atom. The smallest absolute Gasteiger partial charge is 0.316 e. The van der Waals surface area contributed by atoms with Gasteiger partial charge in [0.25, 0.3) is 0 Å². The van der Waals surface area contributed by atoms with Gasteiger partial charge in [0.2, 0.25) is 0 Å². The van der Waals surface area contributed by atoms with E-state index in [-0.39, 0.29) is 12.1 Å². The molecule has 0 atom stereocenters. The molecule has 0 aliphatic heterocycles. The van der Waals surface area contributed by atoms with Crippen LogP contribution in [0, 0.1) is 11.3 Å². The summed E-state index contributed by atoms with van der Waals surface area (Å²) in [6.07, 6.45) is -0.0648. The largest absolute Gasteiger partial charge is 0.462 e. The SMILES string of the molecule is CC(C)OC(=O)CSCc1cccc(C#N)c1. The Kier molecular flexibility index (Phi) is 5.58. The van der Waals surface area contributed by atoms with E-state index < -0.39 is 0 Å². The van der Waals surface area contributed by atoms with Crippen molar-refractivity contribution in [2.45, 2.75) is 25.7 Å². The number of ether oxygens (including phenoxy) is 1. The molecule has 3 nitrogen and oxygen atoms in total. The zero-order valence-electron chi connectivity index (χ0n) is 9.97. The van der Waals surface area contributed by atoms with Crippen LogP contribution in [-0.4, -0.2) is 17.8 Å². The number of benzene rings is 1. The molecule has 0 aliphatic rings. The van der Waals surface area contributed by atoms with Gasteiger partial charge < -0.3 is 4.74 Å². The van der Waals surface area contributed by atoms with E-state index >= 15 is 0 Å². The lowest BCUT2D eigenvalue weighted by molar-refractivity contribution is -0.144. The number of nitrogens with zero attached hydrogens (tertiary/aromatic N) is 1. The summed E-state index contributed by atoms with van der Waals surface area (Å²) in [5.41, 5.74) is 1.69. The number of thioether (sulfide) groups is 1. The highest BCUT2D eigenvalue weighted by Crippen LogP contribution is 2.13. The van der Waals surface area contributed by atoms with Crippen LogP contribution < -0.4 is 0 Å². The van der Waals surface area contributed by atoms with Crippen LogP contribution in [-0.2, 0) is 15.3 Å².